The molecule has 0 saturated carbocycles. The first-order valence-corrected chi connectivity index (χ1v) is 11.2. The number of amides is 3. The monoisotopic (exact) mass is 459 g/mol. The molecule has 3 aromatic rings. The van der Waals surface area contributed by atoms with Crippen molar-refractivity contribution in [1.82, 2.24) is 5.32 Å². The Labute approximate surface area is 199 Å². The average Bonchev–Trinajstić information content (AvgIpc) is 2.83. The Hall–Kier alpha value is -4.13. The van der Waals surface area contributed by atoms with E-state index >= 15 is 0 Å². The molecule has 1 unspecified atom stereocenters. The van der Waals surface area contributed by atoms with E-state index in [0.717, 1.165) is 5.56 Å². The molecule has 3 aromatic carbocycles. The average molecular weight is 460 g/mol. The van der Waals surface area contributed by atoms with Gasteiger partial charge < -0.3 is 15.4 Å². The molecular formula is C27H29N3O4. The molecule has 3 N–H and O–H groups in total. The van der Waals surface area contributed by atoms with Crippen molar-refractivity contribution in [2.75, 3.05) is 17.2 Å². The van der Waals surface area contributed by atoms with Crippen molar-refractivity contribution in [3.63, 3.8) is 0 Å². The predicted octanol–water partition coefficient (Wildman–Crippen LogP) is 5.39. The van der Waals surface area contributed by atoms with Gasteiger partial charge in [-0.05, 0) is 41.8 Å². The number of anilines is 2. The maximum absolute atomic E-state index is 12.9. The SMILES string of the molecule is CC(C)COC(=O)Nc1cccc(NC(=O)CC(NC(=O)c2ccccc2)c2ccccc2)c1. The fraction of sp³-hybridized carbons (Fsp3) is 0.222. The topological polar surface area (TPSA) is 96.5 Å². The van der Waals surface area contributed by atoms with Crippen LogP contribution < -0.4 is 16.0 Å². The molecule has 0 aromatic heterocycles. The van der Waals surface area contributed by atoms with E-state index in [1.807, 2.05) is 50.2 Å². The summed E-state index contributed by atoms with van der Waals surface area (Å²) < 4.78 is 5.13. The molecule has 0 fully saturated rings. The second-order valence-corrected chi connectivity index (χ2v) is 8.25. The number of carbonyl (C=O) groups is 3. The Morgan fingerprint density at radius 2 is 1.41 bits per heavy atom. The van der Waals surface area contributed by atoms with E-state index in [9.17, 15) is 14.4 Å². The van der Waals surface area contributed by atoms with Gasteiger partial charge in [-0.2, -0.15) is 0 Å². The molecule has 0 aliphatic carbocycles. The highest BCUT2D eigenvalue weighted by Crippen LogP contribution is 2.20. The highest BCUT2D eigenvalue weighted by molar-refractivity contribution is 5.96. The van der Waals surface area contributed by atoms with Gasteiger partial charge in [0.05, 0.1) is 19.1 Å². The van der Waals surface area contributed by atoms with E-state index in [-0.39, 0.29) is 24.2 Å². The second kappa shape index (κ2) is 12.2. The first kappa shape index (κ1) is 24.5. The Morgan fingerprint density at radius 1 is 0.794 bits per heavy atom. The van der Waals surface area contributed by atoms with Gasteiger partial charge >= 0.3 is 6.09 Å². The van der Waals surface area contributed by atoms with E-state index in [0.29, 0.717) is 23.5 Å². The zero-order chi connectivity index (χ0) is 24.3. The molecule has 0 saturated heterocycles. The van der Waals surface area contributed by atoms with Crippen molar-refractivity contribution in [2.45, 2.75) is 26.3 Å². The fourth-order valence-electron chi connectivity index (χ4n) is 3.24. The van der Waals surface area contributed by atoms with Crippen LogP contribution in [0.1, 0.15) is 42.2 Å². The fourth-order valence-corrected chi connectivity index (χ4v) is 3.24. The number of hydrogen-bond acceptors (Lipinski definition) is 4. The Kier molecular flexibility index (Phi) is 8.80. The maximum Gasteiger partial charge on any atom is 0.411 e. The van der Waals surface area contributed by atoms with Crippen LogP contribution in [0, 0.1) is 5.92 Å². The van der Waals surface area contributed by atoms with E-state index in [4.69, 9.17) is 4.74 Å². The minimum Gasteiger partial charge on any atom is -0.449 e. The highest BCUT2D eigenvalue weighted by Gasteiger charge is 2.19. The lowest BCUT2D eigenvalue weighted by atomic mass is 10.0. The molecule has 7 heteroatoms. The maximum atomic E-state index is 12.9. The normalized spacial score (nSPS) is 11.4. The number of ether oxygens (including phenoxy) is 1. The third-order valence-electron chi connectivity index (χ3n) is 4.87. The quantitative estimate of drug-likeness (QED) is 0.400. The summed E-state index contributed by atoms with van der Waals surface area (Å²) in [6.45, 7) is 4.22. The van der Waals surface area contributed by atoms with Gasteiger partial charge in [0.15, 0.2) is 0 Å². The molecular weight excluding hydrogens is 430 g/mol. The van der Waals surface area contributed by atoms with Crippen LogP contribution in [0.15, 0.2) is 84.9 Å². The second-order valence-electron chi connectivity index (χ2n) is 8.25. The summed E-state index contributed by atoms with van der Waals surface area (Å²) in [6.07, 6.45) is -0.513. The lowest BCUT2D eigenvalue weighted by Crippen LogP contribution is -2.31. The van der Waals surface area contributed by atoms with Crippen molar-refractivity contribution in [2.24, 2.45) is 5.92 Å². The summed E-state index contributed by atoms with van der Waals surface area (Å²) in [5, 5.41) is 8.44. The lowest BCUT2D eigenvalue weighted by Gasteiger charge is -2.19. The third kappa shape index (κ3) is 7.78. The van der Waals surface area contributed by atoms with Gasteiger partial charge in [-0.3, -0.25) is 14.9 Å². The van der Waals surface area contributed by atoms with Crippen molar-refractivity contribution in [3.8, 4) is 0 Å². The summed E-state index contributed by atoms with van der Waals surface area (Å²) >= 11 is 0. The van der Waals surface area contributed by atoms with E-state index in [1.165, 1.54) is 0 Å². The van der Waals surface area contributed by atoms with Crippen molar-refractivity contribution < 1.29 is 19.1 Å². The van der Waals surface area contributed by atoms with Gasteiger partial charge in [0.2, 0.25) is 5.91 Å². The highest BCUT2D eigenvalue weighted by atomic mass is 16.5. The van der Waals surface area contributed by atoms with Crippen LogP contribution in [0.4, 0.5) is 16.2 Å². The summed E-state index contributed by atoms with van der Waals surface area (Å²) in [5.74, 6) is -0.300. The first-order chi connectivity index (χ1) is 16.4. The number of nitrogens with one attached hydrogen (secondary N) is 3. The zero-order valence-electron chi connectivity index (χ0n) is 19.3. The number of benzene rings is 3. The molecule has 0 aliphatic rings. The molecule has 0 heterocycles. The van der Waals surface area contributed by atoms with E-state index in [2.05, 4.69) is 16.0 Å². The standard InChI is InChI=1S/C27H29N3O4/c1-19(2)18-34-27(33)29-23-15-9-14-22(16-23)28-25(31)17-24(20-10-5-3-6-11-20)30-26(32)21-12-7-4-8-13-21/h3-16,19,24H,17-18H2,1-2H3,(H,28,31)(H,29,33)(H,30,32). The predicted molar refractivity (Wildman–Crippen MR) is 133 cm³/mol. The molecule has 7 nitrogen and oxygen atoms in total. The van der Waals surface area contributed by atoms with Crippen molar-refractivity contribution >= 4 is 29.3 Å². The summed E-state index contributed by atoms with van der Waals surface area (Å²) in [6, 6.07) is 24.5. The zero-order valence-corrected chi connectivity index (χ0v) is 19.3. The third-order valence-corrected chi connectivity index (χ3v) is 4.87. The van der Waals surface area contributed by atoms with Crippen LogP contribution in [0.3, 0.4) is 0 Å². The van der Waals surface area contributed by atoms with Crippen LogP contribution in [0.5, 0.6) is 0 Å². The van der Waals surface area contributed by atoms with Gasteiger partial charge in [0.25, 0.3) is 5.91 Å². The number of rotatable bonds is 9. The van der Waals surface area contributed by atoms with Crippen molar-refractivity contribution in [1.29, 1.82) is 0 Å². The van der Waals surface area contributed by atoms with Crippen LogP contribution in [0.25, 0.3) is 0 Å². The lowest BCUT2D eigenvalue weighted by molar-refractivity contribution is -0.116. The Bertz CT molecular complexity index is 1100. The number of hydrogen-bond donors (Lipinski definition) is 3. The molecule has 176 valence electrons. The van der Waals surface area contributed by atoms with Crippen molar-refractivity contribution in [3.05, 3.63) is 96.1 Å². The largest absolute Gasteiger partial charge is 0.449 e. The van der Waals surface area contributed by atoms with Gasteiger partial charge in [0, 0.05) is 16.9 Å². The molecule has 3 rings (SSSR count). The summed E-state index contributed by atoms with van der Waals surface area (Å²) in [4.78, 5) is 37.5. The molecule has 0 aliphatic heterocycles. The van der Waals surface area contributed by atoms with Crippen LogP contribution in [0.2, 0.25) is 0 Å². The summed E-state index contributed by atoms with van der Waals surface area (Å²) in [7, 11) is 0. The first-order valence-electron chi connectivity index (χ1n) is 11.2. The number of carbonyl (C=O) groups excluding carboxylic acids is 3. The minimum absolute atomic E-state index is 0.0384. The summed E-state index contributed by atoms with van der Waals surface area (Å²) in [5.41, 5.74) is 2.37. The minimum atomic E-state index is -0.551. The van der Waals surface area contributed by atoms with Crippen LogP contribution in [-0.4, -0.2) is 24.5 Å². The van der Waals surface area contributed by atoms with Gasteiger partial charge in [-0.1, -0.05) is 68.4 Å². The van der Waals surface area contributed by atoms with E-state index < -0.39 is 12.1 Å². The molecule has 3 amide bonds. The smallest absolute Gasteiger partial charge is 0.411 e. The van der Waals surface area contributed by atoms with E-state index in [1.54, 1.807) is 48.5 Å². The van der Waals surface area contributed by atoms with Gasteiger partial charge in [-0.25, -0.2) is 4.79 Å². The Balaban J connectivity index is 1.65. The molecule has 1 atom stereocenters. The molecule has 0 spiro atoms. The van der Waals surface area contributed by atoms with Gasteiger partial charge in [-0.15, -0.1) is 0 Å². The Morgan fingerprint density at radius 3 is 2.06 bits per heavy atom. The van der Waals surface area contributed by atoms with Crippen LogP contribution in [-0.2, 0) is 9.53 Å². The van der Waals surface area contributed by atoms with Crippen LogP contribution >= 0.6 is 0 Å². The molecule has 0 bridgehead atoms. The molecule has 34 heavy (non-hydrogen) atoms. The van der Waals surface area contributed by atoms with Gasteiger partial charge in [0.1, 0.15) is 0 Å². The molecule has 0 radical (unpaired) electrons.